The van der Waals surface area contributed by atoms with E-state index in [1.165, 1.54) is 0 Å². The Hall–Kier alpha value is -1.10. The van der Waals surface area contributed by atoms with Crippen molar-refractivity contribution in [3.05, 3.63) is 0 Å². The molecule has 98 valence electrons. The number of rotatable bonds is 5. The van der Waals surface area contributed by atoms with Gasteiger partial charge in [0.15, 0.2) is 0 Å². The summed E-state index contributed by atoms with van der Waals surface area (Å²) in [6.45, 7) is 0.841. The highest BCUT2D eigenvalue weighted by Gasteiger charge is 2.30. The van der Waals surface area contributed by atoms with Gasteiger partial charge in [-0.3, -0.25) is 9.59 Å². The molecule has 0 aromatic rings. The molecule has 5 nitrogen and oxygen atoms in total. The molecular weight excluding hydrogens is 220 g/mol. The second-order valence-electron chi connectivity index (χ2n) is 5.03. The first-order valence-electron chi connectivity index (χ1n) is 6.15. The highest BCUT2D eigenvalue weighted by atomic mass is 16.4. The largest absolute Gasteiger partial charge is 0.481 e. The van der Waals surface area contributed by atoms with Gasteiger partial charge in [0.25, 0.3) is 0 Å². The molecule has 17 heavy (non-hydrogen) atoms. The number of amides is 1. The van der Waals surface area contributed by atoms with Gasteiger partial charge in [-0.05, 0) is 32.9 Å². The molecule has 0 heterocycles. The lowest BCUT2D eigenvalue weighted by molar-refractivity contribution is -0.145. The van der Waals surface area contributed by atoms with Crippen molar-refractivity contribution in [1.29, 1.82) is 0 Å². The Kier molecular flexibility index (Phi) is 5.41. The number of hydrogen-bond donors (Lipinski definition) is 2. The zero-order valence-electron chi connectivity index (χ0n) is 10.6. The number of likely N-dealkylation sites (N-methyl/N-ethyl adjacent to an activating group) is 1. The van der Waals surface area contributed by atoms with E-state index in [1.807, 2.05) is 14.1 Å². The first-order chi connectivity index (χ1) is 8.00. The van der Waals surface area contributed by atoms with E-state index < -0.39 is 5.97 Å². The van der Waals surface area contributed by atoms with Crippen LogP contribution in [0.2, 0.25) is 0 Å². The van der Waals surface area contributed by atoms with E-state index in [0.717, 1.165) is 25.7 Å². The van der Waals surface area contributed by atoms with Gasteiger partial charge in [-0.2, -0.15) is 0 Å². The molecule has 1 rings (SSSR count). The van der Waals surface area contributed by atoms with Crippen LogP contribution in [-0.2, 0) is 9.59 Å². The molecule has 0 aliphatic heterocycles. The van der Waals surface area contributed by atoms with Crippen LogP contribution in [0.15, 0.2) is 0 Å². The molecule has 0 spiro atoms. The van der Waals surface area contributed by atoms with Gasteiger partial charge in [-0.25, -0.2) is 0 Å². The van der Waals surface area contributed by atoms with Gasteiger partial charge in [-0.1, -0.05) is 12.8 Å². The first kappa shape index (κ1) is 14.0. The van der Waals surface area contributed by atoms with E-state index in [4.69, 9.17) is 5.11 Å². The van der Waals surface area contributed by atoms with E-state index in [-0.39, 0.29) is 17.7 Å². The number of carboxylic acids is 1. The molecule has 0 aromatic carbocycles. The minimum Gasteiger partial charge on any atom is -0.481 e. The molecule has 2 unspecified atom stereocenters. The van der Waals surface area contributed by atoms with Crippen LogP contribution in [-0.4, -0.2) is 49.1 Å². The van der Waals surface area contributed by atoms with E-state index in [1.54, 1.807) is 4.90 Å². The summed E-state index contributed by atoms with van der Waals surface area (Å²) in [5, 5.41) is 11.9. The SMILES string of the molecule is CN(C)CC(=O)NCC1CCCCC1C(=O)O. The third kappa shape index (κ3) is 4.73. The molecule has 5 heteroatoms. The van der Waals surface area contributed by atoms with Crippen LogP contribution in [0.4, 0.5) is 0 Å². The number of hydrogen-bond acceptors (Lipinski definition) is 3. The standard InChI is InChI=1S/C12H22N2O3/c1-14(2)8-11(15)13-7-9-5-3-4-6-10(9)12(16)17/h9-10H,3-8H2,1-2H3,(H,13,15)(H,16,17). The second-order valence-corrected chi connectivity index (χ2v) is 5.03. The Morgan fingerprint density at radius 2 is 1.94 bits per heavy atom. The lowest BCUT2D eigenvalue weighted by Gasteiger charge is -2.28. The van der Waals surface area contributed by atoms with Crippen molar-refractivity contribution >= 4 is 11.9 Å². The quantitative estimate of drug-likeness (QED) is 0.739. The maximum absolute atomic E-state index is 11.5. The van der Waals surface area contributed by atoms with E-state index in [2.05, 4.69) is 5.32 Å². The smallest absolute Gasteiger partial charge is 0.306 e. The summed E-state index contributed by atoms with van der Waals surface area (Å²) in [6.07, 6.45) is 3.69. The van der Waals surface area contributed by atoms with E-state index in [0.29, 0.717) is 13.1 Å². The van der Waals surface area contributed by atoms with Gasteiger partial charge in [0.1, 0.15) is 0 Å². The molecule has 1 fully saturated rings. The summed E-state index contributed by atoms with van der Waals surface area (Å²) >= 11 is 0. The van der Waals surface area contributed by atoms with Crippen molar-refractivity contribution in [2.75, 3.05) is 27.2 Å². The van der Waals surface area contributed by atoms with Crippen LogP contribution in [0, 0.1) is 11.8 Å². The average molecular weight is 242 g/mol. The zero-order chi connectivity index (χ0) is 12.8. The van der Waals surface area contributed by atoms with E-state index >= 15 is 0 Å². The monoisotopic (exact) mass is 242 g/mol. The van der Waals surface area contributed by atoms with Gasteiger partial charge in [0.2, 0.25) is 5.91 Å². The highest BCUT2D eigenvalue weighted by Crippen LogP contribution is 2.29. The molecule has 1 saturated carbocycles. The first-order valence-corrected chi connectivity index (χ1v) is 6.15. The van der Waals surface area contributed by atoms with Gasteiger partial charge >= 0.3 is 5.97 Å². The van der Waals surface area contributed by atoms with Gasteiger partial charge < -0.3 is 15.3 Å². The molecule has 1 amide bonds. The number of aliphatic carboxylic acids is 1. The van der Waals surface area contributed by atoms with Gasteiger partial charge in [0, 0.05) is 6.54 Å². The minimum absolute atomic E-state index is 0.0373. The number of nitrogens with one attached hydrogen (secondary N) is 1. The molecule has 2 N–H and O–H groups in total. The second kappa shape index (κ2) is 6.59. The summed E-state index contributed by atoms with van der Waals surface area (Å²) < 4.78 is 0. The minimum atomic E-state index is -0.725. The molecule has 0 saturated heterocycles. The van der Waals surface area contributed by atoms with Crippen molar-refractivity contribution < 1.29 is 14.7 Å². The predicted octanol–water partition coefficient (Wildman–Crippen LogP) is 0.555. The third-order valence-electron chi connectivity index (χ3n) is 3.25. The third-order valence-corrected chi connectivity index (χ3v) is 3.25. The van der Waals surface area contributed by atoms with Gasteiger partial charge in [0.05, 0.1) is 12.5 Å². The van der Waals surface area contributed by atoms with Crippen LogP contribution >= 0.6 is 0 Å². The Morgan fingerprint density at radius 3 is 2.53 bits per heavy atom. The Balaban J connectivity index is 2.38. The number of nitrogens with zero attached hydrogens (tertiary/aromatic N) is 1. The molecular formula is C12H22N2O3. The average Bonchev–Trinajstić information content (AvgIpc) is 2.25. The number of carboxylic acid groups (broad SMARTS) is 1. The van der Waals surface area contributed by atoms with E-state index in [9.17, 15) is 9.59 Å². The van der Waals surface area contributed by atoms with Crippen molar-refractivity contribution in [2.24, 2.45) is 11.8 Å². The highest BCUT2D eigenvalue weighted by molar-refractivity contribution is 5.78. The van der Waals surface area contributed by atoms with Crippen LogP contribution in [0.5, 0.6) is 0 Å². The Morgan fingerprint density at radius 1 is 1.29 bits per heavy atom. The summed E-state index contributed by atoms with van der Waals surface area (Å²) in [4.78, 5) is 24.3. The van der Waals surface area contributed by atoms with Crippen LogP contribution in [0.3, 0.4) is 0 Å². The van der Waals surface area contributed by atoms with Crippen molar-refractivity contribution in [3.63, 3.8) is 0 Å². The Bertz CT molecular complexity index is 279. The summed E-state index contributed by atoms with van der Waals surface area (Å²) in [6, 6.07) is 0. The predicted molar refractivity (Wildman–Crippen MR) is 64.6 cm³/mol. The van der Waals surface area contributed by atoms with Gasteiger partial charge in [-0.15, -0.1) is 0 Å². The zero-order valence-corrected chi connectivity index (χ0v) is 10.6. The lowest BCUT2D eigenvalue weighted by atomic mass is 9.79. The fraction of sp³-hybridized carbons (Fsp3) is 0.833. The lowest BCUT2D eigenvalue weighted by Crippen LogP contribution is -2.40. The van der Waals surface area contributed by atoms with Crippen LogP contribution in [0.25, 0.3) is 0 Å². The van der Waals surface area contributed by atoms with Crippen molar-refractivity contribution in [1.82, 2.24) is 10.2 Å². The molecule has 1 aliphatic rings. The van der Waals surface area contributed by atoms with Crippen molar-refractivity contribution in [2.45, 2.75) is 25.7 Å². The number of carbonyl (C=O) groups is 2. The normalized spacial score (nSPS) is 24.6. The molecule has 2 atom stereocenters. The fourth-order valence-corrected chi connectivity index (χ4v) is 2.37. The topological polar surface area (TPSA) is 69.6 Å². The molecule has 0 bridgehead atoms. The Labute approximate surface area is 102 Å². The molecule has 1 aliphatic carbocycles. The van der Waals surface area contributed by atoms with Crippen LogP contribution in [0.1, 0.15) is 25.7 Å². The summed E-state index contributed by atoms with van der Waals surface area (Å²) in [5.74, 6) is -0.961. The summed E-state index contributed by atoms with van der Waals surface area (Å²) in [7, 11) is 3.67. The van der Waals surface area contributed by atoms with Crippen LogP contribution < -0.4 is 5.32 Å². The van der Waals surface area contributed by atoms with Crippen molar-refractivity contribution in [3.8, 4) is 0 Å². The summed E-state index contributed by atoms with van der Waals surface area (Å²) in [5.41, 5.74) is 0. The molecule has 0 radical (unpaired) electrons. The maximum atomic E-state index is 11.5. The molecule has 0 aromatic heterocycles. The maximum Gasteiger partial charge on any atom is 0.306 e. The fourth-order valence-electron chi connectivity index (χ4n) is 2.37. The number of carbonyl (C=O) groups excluding carboxylic acids is 1.